The largest absolute Gasteiger partial charge is 0.366 e. The molecule has 0 bridgehead atoms. The molecule has 3 rings (SSSR count). The average Bonchev–Trinajstić information content (AvgIpc) is 2.67. The second-order valence-electron chi connectivity index (χ2n) is 4.65. The molecule has 0 saturated carbocycles. The fourth-order valence-corrected chi connectivity index (χ4v) is 4.00. The second kappa shape index (κ2) is 3.58. The van der Waals surface area contributed by atoms with Crippen LogP contribution in [0.1, 0.15) is 30.2 Å². The molecule has 1 aromatic rings. The Balaban J connectivity index is 2.02. The van der Waals surface area contributed by atoms with Gasteiger partial charge in [-0.05, 0) is 56.3 Å². The Labute approximate surface area is 94.6 Å². The van der Waals surface area contributed by atoms with E-state index >= 15 is 0 Å². The monoisotopic (exact) mass is 223 g/mol. The number of thiophene rings is 1. The Morgan fingerprint density at radius 1 is 1.47 bits per heavy atom. The van der Waals surface area contributed by atoms with Crippen LogP contribution in [0.5, 0.6) is 0 Å². The number of fused-ring (bicyclic) bond motifs is 2. The number of rotatable bonds is 0. The van der Waals surface area contributed by atoms with Crippen LogP contribution < -0.4 is 5.32 Å². The maximum atomic E-state index is 6.27. The molecule has 15 heavy (non-hydrogen) atoms. The fraction of sp³-hybridized carbons (Fsp3) is 0.667. The van der Waals surface area contributed by atoms with E-state index in [-0.39, 0.29) is 5.60 Å². The zero-order valence-electron chi connectivity index (χ0n) is 9.08. The predicted octanol–water partition coefficient (Wildman–Crippen LogP) is 2.29. The molecule has 1 saturated heterocycles. The van der Waals surface area contributed by atoms with Crippen LogP contribution in [0.15, 0.2) is 11.4 Å². The van der Waals surface area contributed by atoms with Gasteiger partial charge in [-0.25, -0.2) is 0 Å². The van der Waals surface area contributed by atoms with Crippen LogP contribution in [0.4, 0.5) is 0 Å². The van der Waals surface area contributed by atoms with Gasteiger partial charge in [0.05, 0.1) is 6.10 Å². The lowest BCUT2D eigenvalue weighted by Crippen LogP contribution is -2.46. The van der Waals surface area contributed by atoms with Crippen molar-refractivity contribution >= 4 is 11.3 Å². The lowest BCUT2D eigenvalue weighted by Gasteiger charge is -2.43. The maximum absolute atomic E-state index is 6.27. The molecule has 0 amide bonds. The molecule has 1 spiro atoms. The van der Waals surface area contributed by atoms with E-state index in [1.54, 1.807) is 0 Å². The van der Waals surface area contributed by atoms with Crippen molar-refractivity contribution in [2.24, 2.45) is 0 Å². The molecule has 0 aliphatic carbocycles. The molecular weight excluding hydrogens is 206 g/mol. The molecular formula is C12H17NOS. The van der Waals surface area contributed by atoms with E-state index < -0.39 is 0 Å². The van der Waals surface area contributed by atoms with Crippen molar-refractivity contribution in [1.29, 1.82) is 0 Å². The van der Waals surface area contributed by atoms with Gasteiger partial charge in [-0.2, -0.15) is 0 Å². The molecule has 1 fully saturated rings. The normalized spacial score (nSPS) is 29.0. The lowest BCUT2D eigenvalue weighted by atomic mass is 9.85. The van der Waals surface area contributed by atoms with Crippen LogP contribution >= 0.6 is 11.3 Å². The van der Waals surface area contributed by atoms with E-state index in [0.29, 0.717) is 6.10 Å². The highest BCUT2D eigenvalue weighted by atomic mass is 32.1. The molecule has 2 aliphatic heterocycles. The van der Waals surface area contributed by atoms with E-state index in [1.807, 2.05) is 11.3 Å². The molecule has 0 unspecified atom stereocenters. The van der Waals surface area contributed by atoms with Gasteiger partial charge in [0.2, 0.25) is 0 Å². The van der Waals surface area contributed by atoms with Gasteiger partial charge in [0.1, 0.15) is 5.60 Å². The minimum atomic E-state index is 0.0480. The number of nitrogens with one attached hydrogen (secondary N) is 1. The van der Waals surface area contributed by atoms with Crippen LogP contribution in [0.2, 0.25) is 0 Å². The summed E-state index contributed by atoms with van der Waals surface area (Å²) in [7, 11) is 0. The van der Waals surface area contributed by atoms with Crippen molar-refractivity contribution in [3.8, 4) is 0 Å². The highest BCUT2D eigenvalue weighted by Crippen LogP contribution is 2.44. The molecule has 0 aromatic carbocycles. The Kier molecular flexibility index (Phi) is 2.34. The number of hydrogen-bond donors (Lipinski definition) is 1. The van der Waals surface area contributed by atoms with E-state index in [0.717, 1.165) is 32.4 Å². The Bertz CT molecular complexity index is 354. The summed E-state index contributed by atoms with van der Waals surface area (Å²) in [6.45, 7) is 4.37. The summed E-state index contributed by atoms with van der Waals surface area (Å²) in [6, 6.07) is 2.28. The first-order chi connectivity index (χ1) is 7.30. The maximum Gasteiger partial charge on any atom is 0.105 e. The van der Waals surface area contributed by atoms with Crippen molar-refractivity contribution < 1.29 is 4.74 Å². The number of ether oxygens (including phenoxy) is 1. The van der Waals surface area contributed by atoms with Gasteiger partial charge in [-0.15, -0.1) is 11.3 Å². The summed E-state index contributed by atoms with van der Waals surface area (Å²) >= 11 is 1.88. The molecule has 1 atom stereocenters. The molecule has 82 valence electrons. The van der Waals surface area contributed by atoms with Gasteiger partial charge >= 0.3 is 0 Å². The van der Waals surface area contributed by atoms with Gasteiger partial charge < -0.3 is 10.1 Å². The molecule has 2 nitrogen and oxygen atoms in total. The molecule has 0 radical (unpaired) electrons. The molecule has 3 heterocycles. The van der Waals surface area contributed by atoms with Crippen LogP contribution in [0.25, 0.3) is 0 Å². The van der Waals surface area contributed by atoms with E-state index in [1.165, 1.54) is 10.4 Å². The van der Waals surface area contributed by atoms with Gasteiger partial charge in [0, 0.05) is 4.88 Å². The molecule has 1 N–H and O–H groups in total. The van der Waals surface area contributed by atoms with Crippen molar-refractivity contribution in [3.05, 3.63) is 21.9 Å². The second-order valence-corrected chi connectivity index (χ2v) is 5.57. The SMILES string of the molecule is C[C@H]1Cc2ccsc2C2(CCNCC2)O1. The van der Waals surface area contributed by atoms with Crippen LogP contribution in [0.3, 0.4) is 0 Å². The van der Waals surface area contributed by atoms with Crippen molar-refractivity contribution in [2.45, 2.75) is 37.9 Å². The average molecular weight is 223 g/mol. The summed E-state index contributed by atoms with van der Waals surface area (Å²) in [4.78, 5) is 1.50. The minimum absolute atomic E-state index is 0.0480. The first kappa shape index (κ1) is 9.82. The Morgan fingerprint density at radius 2 is 2.27 bits per heavy atom. The quantitative estimate of drug-likeness (QED) is 0.728. The minimum Gasteiger partial charge on any atom is -0.366 e. The summed E-state index contributed by atoms with van der Waals surface area (Å²) in [5.41, 5.74) is 1.58. The topological polar surface area (TPSA) is 21.3 Å². The summed E-state index contributed by atoms with van der Waals surface area (Å²) in [6.07, 6.45) is 3.73. The van der Waals surface area contributed by atoms with Crippen molar-refractivity contribution in [1.82, 2.24) is 5.32 Å². The van der Waals surface area contributed by atoms with Gasteiger partial charge in [-0.1, -0.05) is 0 Å². The summed E-state index contributed by atoms with van der Waals surface area (Å²) in [5.74, 6) is 0. The van der Waals surface area contributed by atoms with Gasteiger partial charge in [0.15, 0.2) is 0 Å². The van der Waals surface area contributed by atoms with E-state index in [9.17, 15) is 0 Å². The number of piperidine rings is 1. The fourth-order valence-electron chi connectivity index (χ4n) is 2.86. The van der Waals surface area contributed by atoms with E-state index in [2.05, 4.69) is 23.7 Å². The Morgan fingerprint density at radius 3 is 3.07 bits per heavy atom. The van der Waals surface area contributed by atoms with Gasteiger partial charge in [0.25, 0.3) is 0 Å². The standard InChI is InChI=1S/C12H17NOS/c1-9-8-10-2-7-15-11(10)12(14-9)3-5-13-6-4-12/h2,7,9,13H,3-6,8H2,1H3/t9-/m0/s1. The third-order valence-electron chi connectivity index (χ3n) is 3.51. The lowest BCUT2D eigenvalue weighted by molar-refractivity contribution is -0.117. The molecule has 1 aromatic heterocycles. The van der Waals surface area contributed by atoms with Crippen molar-refractivity contribution in [2.75, 3.05) is 13.1 Å². The summed E-state index contributed by atoms with van der Waals surface area (Å²) < 4.78 is 6.27. The highest BCUT2D eigenvalue weighted by molar-refractivity contribution is 7.10. The Hall–Kier alpha value is -0.380. The first-order valence-corrected chi connectivity index (χ1v) is 6.63. The molecule has 2 aliphatic rings. The van der Waals surface area contributed by atoms with Crippen LogP contribution in [0, 0.1) is 0 Å². The third kappa shape index (κ3) is 1.53. The summed E-state index contributed by atoms with van der Waals surface area (Å²) in [5, 5.41) is 5.64. The smallest absolute Gasteiger partial charge is 0.105 e. The van der Waals surface area contributed by atoms with E-state index in [4.69, 9.17) is 4.74 Å². The molecule has 3 heteroatoms. The van der Waals surface area contributed by atoms with Crippen molar-refractivity contribution in [3.63, 3.8) is 0 Å². The van der Waals surface area contributed by atoms with Crippen LogP contribution in [-0.2, 0) is 16.8 Å². The van der Waals surface area contributed by atoms with Gasteiger partial charge in [-0.3, -0.25) is 0 Å². The third-order valence-corrected chi connectivity index (χ3v) is 4.65. The zero-order chi connectivity index (χ0) is 10.3. The number of hydrogen-bond acceptors (Lipinski definition) is 3. The first-order valence-electron chi connectivity index (χ1n) is 5.76. The van der Waals surface area contributed by atoms with Crippen LogP contribution in [-0.4, -0.2) is 19.2 Å². The highest BCUT2D eigenvalue weighted by Gasteiger charge is 2.41. The predicted molar refractivity (Wildman–Crippen MR) is 62.4 cm³/mol. The zero-order valence-corrected chi connectivity index (χ0v) is 9.90.